The highest BCUT2D eigenvalue weighted by atomic mass is 35.5. The maximum atomic E-state index is 13.5. The number of halogens is 1. The molecule has 0 aromatic heterocycles. The van der Waals surface area contributed by atoms with Crippen molar-refractivity contribution >= 4 is 46.6 Å². The summed E-state index contributed by atoms with van der Waals surface area (Å²) in [6.45, 7) is 3.87. The van der Waals surface area contributed by atoms with Gasteiger partial charge in [-0.25, -0.2) is 0 Å². The lowest BCUT2D eigenvalue weighted by Gasteiger charge is -2.19. The Morgan fingerprint density at radius 3 is 2.47 bits per heavy atom. The summed E-state index contributed by atoms with van der Waals surface area (Å²) in [7, 11) is 0. The first-order chi connectivity index (χ1) is 16.4. The van der Waals surface area contributed by atoms with Crippen molar-refractivity contribution < 1.29 is 9.59 Å². The summed E-state index contributed by atoms with van der Waals surface area (Å²) in [5.74, 6) is -0.746. The Balaban J connectivity index is 1.74. The van der Waals surface area contributed by atoms with Gasteiger partial charge in [0.1, 0.15) is 16.7 Å². The van der Waals surface area contributed by atoms with Crippen LogP contribution in [0.3, 0.4) is 0 Å². The Morgan fingerprint density at radius 2 is 1.76 bits per heavy atom. The zero-order chi connectivity index (χ0) is 24.2. The standard InChI is InChI=1S/C27H22ClN3O2S/c1-17-9-8-14-23(18(17)2)30-25(32)21(16-29)27-31(20-11-4-3-5-12-20)26(33)24(34-27)15-19-10-6-7-13-22(19)28/h3-14,24H,15H2,1-2H3,(H,30,32)/b27-21-/t24-/m0/s1. The molecule has 0 bridgehead atoms. The number of rotatable bonds is 5. The molecule has 5 nitrogen and oxygen atoms in total. The molecule has 2 amide bonds. The third-order valence-electron chi connectivity index (χ3n) is 5.74. The summed E-state index contributed by atoms with van der Waals surface area (Å²) in [4.78, 5) is 28.2. The van der Waals surface area contributed by atoms with E-state index in [-0.39, 0.29) is 11.5 Å². The van der Waals surface area contributed by atoms with Crippen LogP contribution in [-0.4, -0.2) is 17.1 Å². The van der Waals surface area contributed by atoms with Crippen LogP contribution in [0.5, 0.6) is 0 Å². The molecule has 34 heavy (non-hydrogen) atoms. The zero-order valence-corrected chi connectivity index (χ0v) is 20.3. The van der Waals surface area contributed by atoms with Crippen molar-refractivity contribution in [2.45, 2.75) is 25.5 Å². The molecule has 3 aromatic carbocycles. The normalized spacial score (nSPS) is 16.8. The molecule has 1 fully saturated rings. The van der Waals surface area contributed by atoms with Crippen LogP contribution in [-0.2, 0) is 16.0 Å². The predicted molar refractivity (Wildman–Crippen MR) is 138 cm³/mol. The molecule has 0 radical (unpaired) electrons. The topological polar surface area (TPSA) is 73.2 Å². The maximum absolute atomic E-state index is 13.5. The van der Waals surface area contributed by atoms with Gasteiger partial charge in [0.15, 0.2) is 0 Å². The summed E-state index contributed by atoms with van der Waals surface area (Å²) in [5, 5.41) is 13.2. The fourth-order valence-electron chi connectivity index (χ4n) is 3.73. The maximum Gasteiger partial charge on any atom is 0.269 e. The summed E-state index contributed by atoms with van der Waals surface area (Å²) in [6, 6.07) is 24.1. The van der Waals surface area contributed by atoms with Crippen molar-refractivity contribution in [1.82, 2.24) is 0 Å². The van der Waals surface area contributed by atoms with Gasteiger partial charge < -0.3 is 5.32 Å². The molecule has 7 heteroatoms. The lowest BCUT2D eigenvalue weighted by Crippen LogP contribution is -2.31. The van der Waals surface area contributed by atoms with Crippen LogP contribution in [0, 0.1) is 25.2 Å². The Bertz CT molecular complexity index is 1330. The van der Waals surface area contributed by atoms with Gasteiger partial charge in [0.05, 0.1) is 5.25 Å². The smallest absolute Gasteiger partial charge is 0.269 e. The van der Waals surface area contributed by atoms with E-state index in [0.717, 1.165) is 16.7 Å². The molecule has 170 valence electrons. The van der Waals surface area contributed by atoms with Gasteiger partial charge in [-0.1, -0.05) is 71.9 Å². The third kappa shape index (κ3) is 4.72. The molecular weight excluding hydrogens is 466 g/mol. The number of amides is 2. The molecule has 1 saturated heterocycles. The second kappa shape index (κ2) is 10.2. The largest absolute Gasteiger partial charge is 0.321 e. The summed E-state index contributed by atoms with van der Waals surface area (Å²) in [5.41, 5.74) is 3.91. The van der Waals surface area contributed by atoms with Crippen molar-refractivity contribution in [3.63, 3.8) is 0 Å². The Kier molecular flexibility index (Phi) is 7.06. The van der Waals surface area contributed by atoms with Crippen molar-refractivity contribution in [2.24, 2.45) is 0 Å². The molecule has 4 rings (SSSR count). The first kappa shape index (κ1) is 23.6. The van der Waals surface area contributed by atoms with Crippen molar-refractivity contribution in [2.75, 3.05) is 10.2 Å². The molecule has 3 aromatic rings. The highest BCUT2D eigenvalue weighted by Crippen LogP contribution is 2.42. The third-order valence-corrected chi connectivity index (χ3v) is 7.37. The van der Waals surface area contributed by atoms with E-state index in [4.69, 9.17) is 11.6 Å². The Morgan fingerprint density at radius 1 is 1.06 bits per heavy atom. The van der Waals surface area contributed by atoms with E-state index in [0.29, 0.717) is 27.8 Å². The molecule has 1 aliphatic heterocycles. The quantitative estimate of drug-likeness (QED) is 0.352. The zero-order valence-electron chi connectivity index (χ0n) is 18.7. The summed E-state index contributed by atoms with van der Waals surface area (Å²) < 4.78 is 0. The number of nitrogens with zero attached hydrogens (tertiary/aromatic N) is 2. The molecule has 0 spiro atoms. The average molecular weight is 488 g/mol. The van der Waals surface area contributed by atoms with Crippen LogP contribution in [0.2, 0.25) is 5.02 Å². The minimum atomic E-state index is -0.550. The molecule has 1 heterocycles. The number of anilines is 2. The molecule has 0 unspecified atom stereocenters. The average Bonchev–Trinajstić information content (AvgIpc) is 3.15. The minimum Gasteiger partial charge on any atom is -0.321 e. The highest BCUT2D eigenvalue weighted by Gasteiger charge is 2.41. The number of carbonyl (C=O) groups is 2. The van der Waals surface area contributed by atoms with E-state index in [9.17, 15) is 14.9 Å². The van der Waals surface area contributed by atoms with Crippen molar-refractivity contribution in [3.05, 3.63) is 105 Å². The number of benzene rings is 3. The van der Waals surface area contributed by atoms with Crippen molar-refractivity contribution in [3.8, 4) is 6.07 Å². The lowest BCUT2D eigenvalue weighted by atomic mass is 10.1. The fourth-order valence-corrected chi connectivity index (χ4v) is 5.24. The second-order valence-corrected chi connectivity index (χ2v) is 9.50. The van der Waals surface area contributed by atoms with Gasteiger partial charge >= 0.3 is 0 Å². The van der Waals surface area contributed by atoms with Crippen LogP contribution in [0.15, 0.2) is 83.4 Å². The van der Waals surface area contributed by atoms with E-state index < -0.39 is 11.2 Å². The summed E-state index contributed by atoms with van der Waals surface area (Å²) >= 11 is 7.55. The molecule has 0 aliphatic carbocycles. The summed E-state index contributed by atoms with van der Waals surface area (Å²) in [6.07, 6.45) is 0.382. The van der Waals surface area contributed by atoms with Gasteiger partial charge in [0.25, 0.3) is 5.91 Å². The van der Waals surface area contributed by atoms with E-state index >= 15 is 0 Å². The number of carbonyl (C=O) groups excluding carboxylic acids is 2. The number of aryl methyl sites for hydroxylation is 1. The van der Waals surface area contributed by atoms with E-state index in [1.807, 2.05) is 68.4 Å². The minimum absolute atomic E-state index is 0.107. The van der Waals surface area contributed by atoms with Crippen LogP contribution in [0.4, 0.5) is 11.4 Å². The van der Waals surface area contributed by atoms with Gasteiger partial charge in [-0.05, 0) is 61.2 Å². The number of hydrogen-bond acceptors (Lipinski definition) is 4. The molecule has 1 N–H and O–H groups in total. The first-order valence-electron chi connectivity index (χ1n) is 10.7. The number of nitrogens with one attached hydrogen (secondary N) is 1. The number of nitriles is 1. The van der Waals surface area contributed by atoms with Gasteiger partial charge in [-0.3, -0.25) is 14.5 Å². The Hall–Kier alpha value is -3.53. The van der Waals surface area contributed by atoms with Crippen molar-refractivity contribution in [1.29, 1.82) is 5.26 Å². The lowest BCUT2D eigenvalue weighted by molar-refractivity contribution is -0.117. The Labute approximate surface area is 208 Å². The number of thioether (sulfide) groups is 1. The molecular formula is C27H22ClN3O2S. The highest BCUT2D eigenvalue weighted by molar-refractivity contribution is 8.05. The van der Waals surface area contributed by atoms with E-state index in [2.05, 4.69) is 5.32 Å². The first-order valence-corrected chi connectivity index (χ1v) is 12.0. The molecule has 1 atom stereocenters. The van der Waals surface area contributed by atoms with E-state index in [1.165, 1.54) is 16.7 Å². The number of hydrogen-bond donors (Lipinski definition) is 1. The number of para-hydroxylation sites is 1. The van der Waals surface area contributed by atoms with Gasteiger partial charge in [0, 0.05) is 16.4 Å². The van der Waals surface area contributed by atoms with E-state index in [1.54, 1.807) is 24.3 Å². The van der Waals surface area contributed by atoms with Crippen LogP contribution in [0.1, 0.15) is 16.7 Å². The monoisotopic (exact) mass is 487 g/mol. The SMILES string of the molecule is Cc1cccc(NC(=O)/C(C#N)=C2\S[C@@H](Cc3ccccc3Cl)C(=O)N2c2ccccc2)c1C. The van der Waals surface area contributed by atoms with Crippen LogP contribution >= 0.6 is 23.4 Å². The predicted octanol–water partition coefficient (Wildman–Crippen LogP) is 6.02. The van der Waals surface area contributed by atoms with Gasteiger partial charge in [0.2, 0.25) is 5.91 Å². The second-order valence-electron chi connectivity index (χ2n) is 7.90. The van der Waals surface area contributed by atoms with Crippen LogP contribution in [0.25, 0.3) is 0 Å². The fraction of sp³-hybridized carbons (Fsp3) is 0.148. The van der Waals surface area contributed by atoms with Crippen LogP contribution < -0.4 is 10.2 Å². The van der Waals surface area contributed by atoms with Gasteiger partial charge in [-0.2, -0.15) is 5.26 Å². The molecule has 0 saturated carbocycles. The van der Waals surface area contributed by atoms with Gasteiger partial charge in [-0.15, -0.1) is 0 Å². The molecule has 1 aliphatic rings.